The Kier molecular flexibility index (Phi) is 9.70. The van der Waals surface area contributed by atoms with Gasteiger partial charge in [-0.05, 0) is 79.4 Å². The number of anilines is 1. The molecule has 1 fully saturated rings. The summed E-state index contributed by atoms with van der Waals surface area (Å²) in [5.41, 5.74) is 0.143. The van der Waals surface area contributed by atoms with Gasteiger partial charge in [0.2, 0.25) is 5.91 Å². The summed E-state index contributed by atoms with van der Waals surface area (Å²) in [6, 6.07) is 15.5. The lowest BCUT2D eigenvalue weighted by atomic mass is 9.80. The Hall–Kier alpha value is -3.64. The molecule has 0 aliphatic carbocycles. The lowest BCUT2D eigenvalue weighted by molar-refractivity contribution is -0.138. The highest BCUT2D eigenvalue weighted by Gasteiger charge is 2.63. The highest BCUT2D eigenvalue weighted by molar-refractivity contribution is 7.93. The van der Waals surface area contributed by atoms with Crippen molar-refractivity contribution in [1.29, 1.82) is 0 Å². The molecular formula is C34H41ClN4O6S. The number of amides is 2. The van der Waals surface area contributed by atoms with Crippen molar-refractivity contribution in [3.05, 3.63) is 82.4 Å². The van der Waals surface area contributed by atoms with Crippen LogP contribution in [0.2, 0.25) is 5.02 Å². The van der Waals surface area contributed by atoms with Gasteiger partial charge in [-0.2, -0.15) is 0 Å². The van der Waals surface area contributed by atoms with Gasteiger partial charge in [0.25, 0.3) is 15.9 Å². The van der Waals surface area contributed by atoms with Crippen molar-refractivity contribution in [2.75, 3.05) is 45.7 Å². The van der Waals surface area contributed by atoms with Gasteiger partial charge in [-0.15, -0.1) is 0 Å². The summed E-state index contributed by atoms with van der Waals surface area (Å²) in [6.45, 7) is 6.00. The van der Waals surface area contributed by atoms with E-state index in [1.54, 1.807) is 32.3 Å². The van der Waals surface area contributed by atoms with E-state index in [-0.39, 0.29) is 16.5 Å². The number of nitrogens with one attached hydrogen (secondary N) is 1. The molecule has 5 rings (SSSR count). The zero-order valence-corrected chi connectivity index (χ0v) is 28.6. The fraction of sp³-hybridized carbons (Fsp3) is 0.412. The zero-order valence-electron chi connectivity index (χ0n) is 27.0. The first-order chi connectivity index (χ1) is 21.9. The number of benzene rings is 3. The number of carbonyl (C=O) groups is 2. The van der Waals surface area contributed by atoms with Gasteiger partial charge < -0.3 is 19.7 Å². The standard InChI is InChI=1S/C34H41ClN4O6S/c1-22(2)20-36-21-23-9-15-27(31(18-23)45-6)34(38-17-7-8-30(38)32(40)37(3)4)28-19-24(35)10-16-29(28)39(33(34)41)46(42,43)26-13-11-25(44-5)12-14-26/h9-16,18-19,22,30,36H,7-8,17,20-21H2,1-6H3/t30?,34-/m1/s1. The third-order valence-electron chi connectivity index (χ3n) is 8.61. The van der Waals surface area contributed by atoms with E-state index >= 15 is 4.79 Å². The first kappa shape index (κ1) is 33.7. The molecule has 0 radical (unpaired) electrons. The maximum absolute atomic E-state index is 15.3. The summed E-state index contributed by atoms with van der Waals surface area (Å²) >= 11 is 6.61. The van der Waals surface area contributed by atoms with Crippen molar-refractivity contribution in [3.8, 4) is 11.5 Å². The van der Waals surface area contributed by atoms with Gasteiger partial charge in [0.1, 0.15) is 11.5 Å². The quantitative estimate of drug-likeness (QED) is 0.315. The van der Waals surface area contributed by atoms with Crippen LogP contribution in [0.3, 0.4) is 0 Å². The summed E-state index contributed by atoms with van der Waals surface area (Å²) in [6.07, 6.45) is 1.12. The van der Waals surface area contributed by atoms with E-state index in [2.05, 4.69) is 19.2 Å². The molecule has 3 aromatic rings. The van der Waals surface area contributed by atoms with Crippen molar-refractivity contribution in [3.63, 3.8) is 0 Å². The first-order valence-electron chi connectivity index (χ1n) is 15.3. The summed E-state index contributed by atoms with van der Waals surface area (Å²) in [4.78, 5) is 32.2. The predicted octanol–water partition coefficient (Wildman–Crippen LogP) is 4.63. The van der Waals surface area contributed by atoms with Gasteiger partial charge >= 0.3 is 0 Å². The van der Waals surface area contributed by atoms with E-state index in [9.17, 15) is 13.2 Å². The molecule has 10 nitrogen and oxygen atoms in total. The minimum absolute atomic E-state index is 0.0840. The maximum Gasteiger partial charge on any atom is 0.271 e. The van der Waals surface area contributed by atoms with Gasteiger partial charge in [-0.1, -0.05) is 37.6 Å². The Labute approximate surface area is 276 Å². The molecule has 0 aromatic heterocycles. The molecule has 0 saturated carbocycles. The monoisotopic (exact) mass is 668 g/mol. The zero-order chi connectivity index (χ0) is 33.4. The number of likely N-dealkylation sites (tertiary alicyclic amines) is 1. The molecule has 1 saturated heterocycles. The number of nitrogens with zero attached hydrogens (tertiary/aromatic N) is 3. The Balaban J connectivity index is 1.78. The van der Waals surface area contributed by atoms with Crippen LogP contribution in [0.25, 0.3) is 0 Å². The fourth-order valence-electron chi connectivity index (χ4n) is 6.50. The molecule has 1 N–H and O–H groups in total. The van der Waals surface area contributed by atoms with Gasteiger partial charge in [0.05, 0.1) is 30.8 Å². The number of ether oxygens (including phenoxy) is 2. The van der Waals surface area contributed by atoms with Gasteiger partial charge in [0, 0.05) is 43.3 Å². The van der Waals surface area contributed by atoms with Gasteiger partial charge in [-0.25, -0.2) is 12.7 Å². The summed E-state index contributed by atoms with van der Waals surface area (Å²) < 4.78 is 40.9. The highest BCUT2D eigenvalue weighted by atomic mass is 35.5. The van der Waals surface area contributed by atoms with E-state index < -0.39 is 27.5 Å². The van der Waals surface area contributed by atoms with Crippen LogP contribution in [0.1, 0.15) is 43.4 Å². The van der Waals surface area contributed by atoms with E-state index in [0.717, 1.165) is 16.4 Å². The molecule has 46 heavy (non-hydrogen) atoms. The van der Waals surface area contributed by atoms with Crippen molar-refractivity contribution in [2.24, 2.45) is 5.92 Å². The van der Waals surface area contributed by atoms with E-state index in [0.29, 0.717) is 59.5 Å². The van der Waals surface area contributed by atoms with E-state index in [4.69, 9.17) is 21.1 Å². The second-order valence-corrected chi connectivity index (χ2v) is 14.5. The van der Waals surface area contributed by atoms with Crippen LogP contribution < -0.4 is 19.1 Å². The number of likely N-dealkylation sites (N-methyl/N-ethyl adjacent to an activating group) is 1. The van der Waals surface area contributed by atoms with E-state index in [1.165, 1.54) is 43.4 Å². The normalized spacial score (nSPS) is 19.9. The number of hydrogen-bond donors (Lipinski definition) is 1. The number of halogens is 1. The number of rotatable bonds is 11. The van der Waals surface area contributed by atoms with Crippen molar-refractivity contribution in [1.82, 2.24) is 15.1 Å². The second kappa shape index (κ2) is 13.2. The fourth-order valence-corrected chi connectivity index (χ4v) is 8.14. The lowest BCUT2D eigenvalue weighted by Crippen LogP contribution is -2.59. The van der Waals surface area contributed by atoms with Crippen molar-refractivity contribution < 1.29 is 27.5 Å². The van der Waals surface area contributed by atoms with Gasteiger partial charge in [-0.3, -0.25) is 14.5 Å². The molecule has 2 atom stereocenters. The third kappa shape index (κ3) is 5.74. The van der Waals surface area contributed by atoms with E-state index in [1.807, 2.05) is 23.1 Å². The molecule has 2 aliphatic heterocycles. The van der Waals surface area contributed by atoms with Crippen molar-refractivity contribution >= 4 is 39.1 Å². The molecule has 2 aliphatic rings. The first-order valence-corrected chi connectivity index (χ1v) is 17.1. The maximum atomic E-state index is 15.3. The average molecular weight is 669 g/mol. The number of sulfonamides is 1. The van der Waals surface area contributed by atoms with Crippen LogP contribution in [0.15, 0.2) is 65.6 Å². The van der Waals surface area contributed by atoms with Crippen molar-refractivity contribution in [2.45, 2.75) is 49.7 Å². The summed E-state index contributed by atoms with van der Waals surface area (Å²) in [7, 11) is 1.92. The molecule has 3 aromatic carbocycles. The van der Waals surface area contributed by atoms with Crippen LogP contribution in [-0.2, 0) is 31.7 Å². The number of fused-ring (bicyclic) bond motifs is 1. The van der Waals surface area contributed by atoms with Crippen LogP contribution in [0, 0.1) is 5.92 Å². The highest BCUT2D eigenvalue weighted by Crippen LogP contribution is 2.55. The smallest absolute Gasteiger partial charge is 0.271 e. The number of hydrogen-bond acceptors (Lipinski definition) is 8. The van der Waals surface area contributed by atoms with Crippen LogP contribution in [0.5, 0.6) is 11.5 Å². The van der Waals surface area contributed by atoms with Crippen LogP contribution in [-0.4, -0.2) is 77.5 Å². The summed E-state index contributed by atoms with van der Waals surface area (Å²) in [5, 5.41) is 3.75. The Morgan fingerprint density at radius 3 is 2.39 bits per heavy atom. The average Bonchev–Trinajstić information content (AvgIpc) is 3.61. The lowest BCUT2D eigenvalue weighted by Gasteiger charge is -2.42. The molecule has 1 unspecified atom stereocenters. The molecule has 0 spiro atoms. The largest absolute Gasteiger partial charge is 0.497 e. The molecule has 2 heterocycles. The molecule has 246 valence electrons. The second-order valence-electron chi connectivity index (χ2n) is 12.3. The topological polar surface area (TPSA) is 108 Å². The SMILES string of the molecule is COc1ccc(S(=O)(=O)N2C(=O)[C@](c3ccc(CNCC(C)C)cc3OC)(N3CCCC3C(=O)N(C)C)c3cc(Cl)ccc32)cc1. The minimum Gasteiger partial charge on any atom is -0.497 e. The number of carbonyl (C=O) groups excluding carboxylic acids is 2. The Morgan fingerprint density at radius 1 is 1.04 bits per heavy atom. The molecule has 2 amide bonds. The molecule has 0 bridgehead atoms. The molecule has 12 heteroatoms. The number of methoxy groups -OCH3 is 2. The predicted molar refractivity (Wildman–Crippen MR) is 178 cm³/mol. The summed E-state index contributed by atoms with van der Waals surface area (Å²) in [5.74, 6) is 0.417. The Bertz CT molecular complexity index is 1730. The van der Waals surface area contributed by atoms with Crippen LogP contribution in [0.4, 0.5) is 5.69 Å². The Morgan fingerprint density at radius 2 is 1.76 bits per heavy atom. The third-order valence-corrected chi connectivity index (χ3v) is 10.6. The minimum atomic E-state index is -4.44. The molecular weight excluding hydrogens is 628 g/mol. The van der Waals surface area contributed by atoms with Crippen LogP contribution >= 0.6 is 11.6 Å². The van der Waals surface area contributed by atoms with Gasteiger partial charge in [0.15, 0.2) is 5.54 Å².